The van der Waals surface area contributed by atoms with Crippen LogP contribution < -0.4 is 5.76 Å². The summed E-state index contributed by atoms with van der Waals surface area (Å²) in [6.07, 6.45) is 2.60. The minimum Gasteiger partial charge on any atom is -0.408 e. The van der Waals surface area contributed by atoms with Crippen LogP contribution >= 0.6 is 0 Å². The van der Waals surface area contributed by atoms with Crippen molar-refractivity contribution in [2.75, 3.05) is 13.1 Å². The summed E-state index contributed by atoms with van der Waals surface area (Å²) >= 11 is 0. The molecule has 1 aromatic carbocycles. The largest absolute Gasteiger partial charge is 0.419 e. The van der Waals surface area contributed by atoms with Crippen LogP contribution in [0.15, 0.2) is 33.5 Å². The molecule has 1 aliphatic rings. The van der Waals surface area contributed by atoms with Gasteiger partial charge in [-0.25, -0.2) is 4.79 Å². The number of aryl methyl sites for hydroxylation is 1. The van der Waals surface area contributed by atoms with Crippen LogP contribution in [0.25, 0.3) is 11.1 Å². The molecule has 21 heavy (non-hydrogen) atoms. The molecule has 1 aromatic heterocycles. The number of carbonyl (C=O) groups is 1. The zero-order valence-corrected chi connectivity index (χ0v) is 12.2. The summed E-state index contributed by atoms with van der Waals surface area (Å²) in [4.78, 5) is 26.0. The van der Waals surface area contributed by atoms with Crippen LogP contribution in [-0.2, 0) is 11.3 Å². The molecule has 2 aromatic rings. The SMILES string of the molecule is C[C@H]1CCCN(C(=O)CCn2c(=O)oc3ccccc32)C1. The minimum atomic E-state index is -0.393. The molecule has 0 radical (unpaired) electrons. The third kappa shape index (κ3) is 2.86. The van der Waals surface area contributed by atoms with E-state index in [4.69, 9.17) is 4.42 Å². The molecule has 112 valence electrons. The van der Waals surface area contributed by atoms with Gasteiger partial charge in [-0.15, -0.1) is 0 Å². The summed E-state index contributed by atoms with van der Waals surface area (Å²) < 4.78 is 6.72. The Balaban J connectivity index is 1.70. The van der Waals surface area contributed by atoms with Gasteiger partial charge in [0, 0.05) is 26.1 Å². The monoisotopic (exact) mass is 288 g/mol. The van der Waals surface area contributed by atoms with Crippen LogP contribution in [-0.4, -0.2) is 28.5 Å². The second-order valence-corrected chi connectivity index (χ2v) is 5.82. The van der Waals surface area contributed by atoms with Crippen molar-refractivity contribution < 1.29 is 9.21 Å². The maximum atomic E-state index is 12.3. The van der Waals surface area contributed by atoms with Crippen molar-refractivity contribution in [1.82, 2.24) is 9.47 Å². The Kier molecular flexibility index (Phi) is 3.82. The lowest BCUT2D eigenvalue weighted by Gasteiger charge is -2.31. The molecule has 5 nitrogen and oxygen atoms in total. The number of nitrogens with zero attached hydrogens (tertiary/aromatic N) is 2. The van der Waals surface area contributed by atoms with E-state index in [1.807, 2.05) is 23.1 Å². The molecule has 1 amide bonds. The lowest BCUT2D eigenvalue weighted by molar-refractivity contribution is -0.133. The Morgan fingerprint density at radius 1 is 1.38 bits per heavy atom. The number of rotatable bonds is 3. The Labute approximate surface area is 123 Å². The summed E-state index contributed by atoms with van der Waals surface area (Å²) in [5, 5.41) is 0. The fourth-order valence-corrected chi connectivity index (χ4v) is 3.01. The van der Waals surface area contributed by atoms with Gasteiger partial charge in [-0.3, -0.25) is 9.36 Å². The molecule has 1 atom stereocenters. The van der Waals surface area contributed by atoms with Crippen molar-refractivity contribution in [2.24, 2.45) is 5.92 Å². The van der Waals surface area contributed by atoms with Gasteiger partial charge < -0.3 is 9.32 Å². The third-order valence-corrected chi connectivity index (χ3v) is 4.13. The van der Waals surface area contributed by atoms with Crippen molar-refractivity contribution in [3.63, 3.8) is 0 Å². The van der Waals surface area contributed by atoms with Crippen LogP contribution in [0.4, 0.5) is 0 Å². The molecule has 0 bridgehead atoms. The number of amides is 1. The summed E-state index contributed by atoms with van der Waals surface area (Å²) in [7, 11) is 0. The fourth-order valence-electron chi connectivity index (χ4n) is 3.01. The average molecular weight is 288 g/mol. The van der Waals surface area contributed by atoms with Crippen LogP contribution in [0.1, 0.15) is 26.2 Å². The molecule has 1 aliphatic heterocycles. The Hall–Kier alpha value is -2.04. The molecule has 0 saturated carbocycles. The molecule has 5 heteroatoms. The maximum absolute atomic E-state index is 12.3. The van der Waals surface area contributed by atoms with E-state index in [-0.39, 0.29) is 5.91 Å². The van der Waals surface area contributed by atoms with Gasteiger partial charge in [-0.05, 0) is 30.9 Å². The van der Waals surface area contributed by atoms with Gasteiger partial charge in [0.1, 0.15) is 0 Å². The first kappa shape index (κ1) is 13.9. The summed E-state index contributed by atoms with van der Waals surface area (Å²) in [5.41, 5.74) is 1.32. The maximum Gasteiger partial charge on any atom is 0.419 e. The highest BCUT2D eigenvalue weighted by atomic mass is 16.4. The quantitative estimate of drug-likeness (QED) is 0.870. The van der Waals surface area contributed by atoms with Crippen molar-refractivity contribution in [3.8, 4) is 0 Å². The smallest absolute Gasteiger partial charge is 0.408 e. The zero-order chi connectivity index (χ0) is 14.8. The fraction of sp³-hybridized carbons (Fsp3) is 0.500. The first-order valence-corrected chi connectivity index (χ1v) is 7.51. The van der Waals surface area contributed by atoms with Crippen molar-refractivity contribution >= 4 is 17.0 Å². The predicted molar refractivity (Wildman–Crippen MR) is 80.1 cm³/mol. The van der Waals surface area contributed by atoms with E-state index in [2.05, 4.69) is 6.92 Å². The molecule has 1 saturated heterocycles. The molecule has 2 heterocycles. The zero-order valence-electron chi connectivity index (χ0n) is 12.2. The topological polar surface area (TPSA) is 55.5 Å². The number of fused-ring (bicyclic) bond motifs is 1. The normalized spacial score (nSPS) is 19.1. The van der Waals surface area contributed by atoms with E-state index in [1.165, 1.54) is 6.42 Å². The molecule has 1 fully saturated rings. The highest BCUT2D eigenvalue weighted by molar-refractivity contribution is 5.77. The number of piperidine rings is 1. The predicted octanol–water partition coefficient (Wildman–Crippen LogP) is 2.24. The molecule has 0 N–H and O–H groups in total. The molecular formula is C16H20N2O3. The second kappa shape index (κ2) is 5.76. The van der Waals surface area contributed by atoms with Crippen LogP contribution in [0.5, 0.6) is 0 Å². The lowest BCUT2D eigenvalue weighted by atomic mass is 10.00. The Bertz CT molecular complexity index is 701. The van der Waals surface area contributed by atoms with Gasteiger partial charge in [0.15, 0.2) is 5.58 Å². The van der Waals surface area contributed by atoms with Gasteiger partial charge in [0.25, 0.3) is 0 Å². The summed E-state index contributed by atoms with van der Waals surface area (Å²) in [5.74, 6) is 0.301. The van der Waals surface area contributed by atoms with E-state index in [1.54, 1.807) is 10.6 Å². The van der Waals surface area contributed by atoms with Gasteiger partial charge in [-0.2, -0.15) is 0 Å². The number of benzene rings is 1. The molecular weight excluding hydrogens is 268 g/mol. The van der Waals surface area contributed by atoms with Gasteiger partial charge in [0.05, 0.1) is 5.52 Å². The lowest BCUT2D eigenvalue weighted by Crippen LogP contribution is -2.39. The van der Waals surface area contributed by atoms with E-state index in [9.17, 15) is 9.59 Å². The number of oxazole rings is 1. The highest BCUT2D eigenvalue weighted by Gasteiger charge is 2.21. The number of hydrogen-bond donors (Lipinski definition) is 0. The van der Waals surface area contributed by atoms with Crippen molar-refractivity contribution in [3.05, 3.63) is 34.8 Å². The number of hydrogen-bond acceptors (Lipinski definition) is 3. The summed E-state index contributed by atoms with van der Waals surface area (Å²) in [6, 6.07) is 7.30. The Morgan fingerprint density at radius 2 is 2.19 bits per heavy atom. The molecule has 0 aliphatic carbocycles. The Morgan fingerprint density at radius 3 is 3.00 bits per heavy atom. The van der Waals surface area contributed by atoms with Crippen LogP contribution in [0.2, 0.25) is 0 Å². The molecule has 0 spiro atoms. The number of carbonyl (C=O) groups excluding carboxylic acids is 1. The van der Waals surface area contributed by atoms with Crippen molar-refractivity contribution in [1.29, 1.82) is 0 Å². The highest BCUT2D eigenvalue weighted by Crippen LogP contribution is 2.17. The van der Waals surface area contributed by atoms with Gasteiger partial charge in [0.2, 0.25) is 5.91 Å². The summed E-state index contributed by atoms with van der Waals surface area (Å²) in [6.45, 7) is 4.22. The molecule has 0 unspecified atom stereocenters. The van der Waals surface area contributed by atoms with E-state index < -0.39 is 5.76 Å². The third-order valence-electron chi connectivity index (χ3n) is 4.13. The minimum absolute atomic E-state index is 0.124. The van der Waals surface area contributed by atoms with Gasteiger partial charge >= 0.3 is 5.76 Å². The second-order valence-electron chi connectivity index (χ2n) is 5.82. The van der Waals surface area contributed by atoms with E-state index in [0.29, 0.717) is 24.5 Å². The van der Waals surface area contributed by atoms with E-state index >= 15 is 0 Å². The van der Waals surface area contributed by atoms with Crippen molar-refractivity contribution in [2.45, 2.75) is 32.7 Å². The first-order valence-electron chi connectivity index (χ1n) is 7.51. The standard InChI is InChI=1S/C16H20N2O3/c1-12-5-4-9-17(11-12)15(19)8-10-18-13-6-2-3-7-14(13)21-16(18)20/h2-3,6-7,12H,4-5,8-11H2,1H3/t12-/m0/s1. The number of para-hydroxylation sites is 2. The van der Waals surface area contributed by atoms with Crippen LogP contribution in [0.3, 0.4) is 0 Å². The van der Waals surface area contributed by atoms with Gasteiger partial charge in [-0.1, -0.05) is 19.1 Å². The first-order chi connectivity index (χ1) is 10.1. The number of aromatic nitrogens is 1. The number of likely N-dealkylation sites (tertiary alicyclic amines) is 1. The van der Waals surface area contributed by atoms with Crippen LogP contribution in [0, 0.1) is 5.92 Å². The molecule has 3 rings (SSSR count). The average Bonchev–Trinajstić information content (AvgIpc) is 2.80. The van der Waals surface area contributed by atoms with E-state index in [0.717, 1.165) is 25.0 Å².